The van der Waals surface area contributed by atoms with Crippen molar-refractivity contribution in [2.45, 2.75) is 0 Å². The number of phenolic OH excluding ortho intramolecular Hbond substituents is 1. The van der Waals surface area contributed by atoms with E-state index >= 15 is 0 Å². The molecule has 110 valence electrons. The number of rotatable bonds is 2. The Balaban J connectivity index is 1.91. The van der Waals surface area contributed by atoms with Gasteiger partial charge in [-0.25, -0.2) is 0 Å². The number of thiocarbonyl (C=S) groups is 1. The first-order chi connectivity index (χ1) is 10.5. The zero-order chi connectivity index (χ0) is 15.7. The van der Waals surface area contributed by atoms with E-state index in [0.717, 1.165) is 32.4 Å². The van der Waals surface area contributed by atoms with Crippen LogP contribution in [-0.4, -0.2) is 15.3 Å². The lowest BCUT2D eigenvalue weighted by molar-refractivity contribution is 0.268. The van der Waals surface area contributed by atoms with Gasteiger partial charge >= 0.3 is 0 Å². The molecule has 1 saturated heterocycles. The van der Waals surface area contributed by atoms with Crippen molar-refractivity contribution < 1.29 is 9.90 Å². The third-order valence-electron chi connectivity index (χ3n) is 3.07. The first-order valence-electron chi connectivity index (χ1n) is 6.37. The molecule has 0 radical (unpaired) electrons. The van der Waals surface area contributed by atoms with Crippen LogP contribution in [0.1, 0.15) is 5.56 Å². The van der Waals surface area contributed by atoms with Gasteiger partial charge in [0.05, 0.1) is 10.6 Å². The van der Waals surface area contributed by atoms with Crippen molar-refractivity contribution in [1.29, 1.82) is 0 Å². The predicted octanol–water partition coefficient (Wildman–Crippen LogP) is 5.20. The molecule has 6 heteroatoms. The van der Waals surface area contributed by atoms with Gasteiger partial charge < -0.3 is 5.11 Å². The van der Waals surface area contributed by atoms with E-state index < -0.39 is 0 Å². The number of anilines is 1. The quantitative estimate of drug-likeness (QED) is 0.564. The Kier molecular flexibility index (Phi) is 4.33. The Bertz CT molecular complexity index is 770. The molecule has 0 aromatic heterocycles. The molecular formula is C16H10BrNO2S2. The second-order valence-corrected chi connectivity index (χ2v) is 6.88. The van der Waals surface area contributed by atoms with Gasteiger partial charge in [0.25, 0.3) is 5.24 Å². The summed E-state index contributed by atoms with van der Waals surface area (Å²) < 4.78 is 0.946. The number of hydrogen-bond donors (Lipinski definition) is 1. The van der Waals surface area contributed by atoms with Gasteiger partial charge in [0, 0.05) is 4.47 Å². The number of thioether (sulfide) groups is 1. The zero-order valence-corrected chi connectivity index (χ0v) is 14.4. The van der Waals surface area contributed by atoms with E-state index in [2.05, 4.69) is 15.9 Å². The van der Waals surface area contributed by atoms with Crippen molar-refractivity contribution in [1.82, 2.24) is 0 Å². The second-order valence-electron chi connectivity index (χ2n) is 4.59. The van der Waals surface area contributed by atoms with Crippen LogP contribution in [0.3, 0.4) is 0 Å². The average Bonchev–Trinajstić information content (AvgIpc) is 2.77. The van der Waals surface area contributed by atoms with Crippen LogP contribution in [0.25, 0.3) is 6.08 Å². The highest BCUT2D eigenvalue weighted by atomic mass is 79.9. The SMILES string of the molecule is O=C1SC(=Cc2ccc(O)cc2)C(=S)N1c1ccc(Br)cc1. The van der Waals surface area contributed by atoms with Gasteiger partial charge in [0.2, 0.25) is 0 Å². The molecule has 1 fully saturated rings. The molecule has 1 amide bonds. The molecule has 2 aromatic rings. The number of carbonyl (C=O) groups is 1. The maximum absolute atomic E-state index is 12.2. The number of nitrogens with zero attached hydrogens (tertiary/aromatic N) is 1. The number of benzene rings is 2. The molecule has 1 aliphatic rings. The van der Waals surface area contributed by atoms with Gasteiger partial charge in [-0.2, -0.15) is 0 Å². The number of aromatic hydroxyl groups is 1. The smallest absolute Gasteiger partial charge is 0.296 e. The number of halogens is 1. The van der Waals surface area contributed by atoms with Crippen LogP contribution in [0, 0.1) is 0 Å². The predicted molar refractivity (Wildman–Crippen MR) is 98.3 cm³/mol. The summed E-state index contributed by atoms with van der Waals surface area (Å²) in [5.74, 6) is 0.205. The lowest BCUT2D eigenvalue weighted by Gasteiger charge is -2.14. The van der Waals surface area contributed by atoms with Crippen molar-refractivity contribution in [3.05, 3.63) is 63.5 Å². The normalized spacial score (nSPS) is 16.6. The van der Waals surface area contributed by atoms with Gasteiger partial charge in [0.1, 0.15) is 10.7 Å². The lowest BCUT2D eigenvalue weighted by Crippen LogP contribution is -2.26. The van der Waals surface area contributed by atoms with Crippen LogP contribution in [0.2, 0.25) is 0 Å². The van der Waals surface area contributed by atoms with E-state index in [-0.39, 0.29) is 11.0 Å². The molecule has 0 spiro atoms. The van der Waals surface area contributed by atoms with E-state index in [4.69, 9.17) is 12.2 Å². The minimum absolute atomic E-state index is 0.114. The first kappa shape index (κ1) is 15.3. The zero-order valence-electron chi connectivity index (χ0n) is 11.2. The fourth-order valence-electron chi connectivity index (χ4n) is 2.00. The van der Waals surface area contributed by atoms with E-state index in [1.54, 1.807) is 24.3 Å². The van der Waals surface area contributed by atoms with Crippen molar-refractivity contribution in [3.8, 4) is 5.75 Å². The minimum atomic E-state index is -0.114. The summed E-state index contributed by atoms with van der Waals surface area (Å²) in [5, 5.41) is 9.19. The standard InChI is InChI=1S/C16H10BrNO2S2/c17-11-3-5-12(6-4-11)18-15(21)14(22-16(18)20)9-10-1-7-13(19)8-2-10/h1-9,19H. The Morgan fingerprint density at radius 1 is 1.09 bits per heavy atom. The van der Waals surface area contributed by atoms with Gasteiger partial charge in [-0.15, -0.1) is 0 Å². The van der Waals surface area contributed by atoms with Crippen molar-refractivity contribution in [2.24, 2.45) is 0 Å². The third-order valence-corrected chi connectivity index (χ3v) is 5.02. The lowest BCUT2D eigenvalue weighted by atomic mass is 10.2. The molecule has 0 bridgehead atoms. The van der Waals surface area contributed by atoms with Crippen LogP contribution < -0.4 is 4.90 Å². The molecule has 22 heavy (non-hydrogen) atoms. The Hall–Kier alpha value is -1.63. The van der Waals surface area contributed by atoms with Crippen LogP contribution in [0.15, 0.2) is 57.9 Å². The molecule has 1 heterocycles. The first-order valence-corrected chi connectivity index (χ1v) is 8.39. The number of carbonyl (C=O) groups excluding carboxylic acids is 1. The number of hydrogen-bond acceptors (Lipinski definition) is 4. The summed E-state index contributed by atoms with van der Waals surface area (Å²) in [5.41, 5.74) is 1.63. The summed E-state index contributed by atoms with van der Waals surface area (Å²) in [7, 11) is 0. The summed E-state index contributed by atoms with van der Waals surface area (Å²) in [6.45, 7) is 0. The number of amides is 1. The van der Waals surface area contributed by atoms with Crippen LogP contribution in [0.5, 0.6) is 5.75 Å². The molecule has 0 aliphatic carbocycles. The highest BCUT2D eigenvalue weighted by Gasteiger charge is 2.32. The Morgan fingerprint density at radius 2 is 1.73 bits per heavy atom. The molecule has 1 N–H and O–H groups in total. The fraction of sp³-hybridized carbons (Fsp3) is 0. The Morgan fingerprint density at radius 3 is 2.36 bits per heavy atom. The summed E-state index contributed by atoms with van der Waals surface area (Å²) >= 11 is 9.92. The molecule has 1 aliphatic heterocycles. The molecular weight excluding hydrogens is 382 g/mol. The van der Waals surface area contributed by atoms with Gasteiger partial charge in [0.15, 0.2) is 0 Å². The highest BCUT2D eigenvalue weighted by Crippen LogP contribution is 2.37. The third kappa shape index (κ3) is 3.09. The maximum Gasteiger partial charge on any atom is 0.296 e. The van der Waals surface area contributed by atoms with Crippen LogP contribution >= 0.6 is 39.9 Å². The molecule has 3 nitrogen and oxygen atoms in total. The van der Waals surface area contributed by atoms with Gasteiger partial charge in [-0.1, -0.05) is 40.3 Å². The van der Waals surface area contributed by atoms with E-state index in [1.165, 1.54) is 4.90 Å². The van der Waals surface area contributed by atoms with E-state index in [0.29, 0.717) is 4.99 Å². The van der Waals surface area contributed by atoms with E-state index in [1.807, 2.05) is 30.3 Å². The molecule has 0 unspecified atom stereocenters. The minimum Gasteiger partial charge on any atom is -0.508 e. The maximum atomic E-state index is 12.2. The molecule has 2 aromatic carbocycles. The van der Waals surface area contributed by atoms with Crippen LogP contribution in [0.4, 0.5) is 10.5 Å². The van der Waals surface area contributed by atoms with Crippen molar-refractivity contribution in [3.63, 3.8) is 0 Å². The number of phenols is 1. The largest absolute Gasteiger partial charge is 0.508 e. The van der Waals surface area contributed by atoms with Crippen LogP contribution in [-0.2, 0) is 0 Å². The van der Waals surface area contributed by atoms with Gasteiger partial charge in [-0.05, 0) is 59.8 Å². The average molecular weight is 392 g/mol. The molecule has 3 rings (SSSR count). The summed E-state index contributed by atoms with van der Waals surface area (Å²) in [4.78, 5) is 15.0. The Labute approximate surface area is 145 Å². The molecule has 0 atom stereocenters. The molecule has 0 saturated carbocycles. The monoisotopic (exact) mass is 391 g/mol. The van der Waals surface area contributed by atoms with E-state index in [9.17, 15) is 9.90 Å². The summed E-state index contributed by atoms with van der Waals surface area (Å²) in [6.07, 6.45) is 1.85. The van der Waals surface area contributed by atoms with Gasteiger partial charge in [-0.3, -0.25) is 9.69 Å². The van der Waals surface area contributed by atoms with Crippen molar-refractivity contribution >= 4 is 61.9 Å². The highest BCUT2D eigenvalue weighted by molar-refractivity contribution is 9.10. The summed E-state index contributed by atoms with van der Waals surface area (Å²) in [6, 6.07) is 14.2. The van der Waals surface area contributed by atoms with Crippen molar-refractivity contribution in [2.75, 3.05) is 4.90 Å². The topological polar surface area (TPSA) is 40.5 Å². The second kappa shape index (κ2) is 6.24. The fourth-order valence-corrected chi connectivity index (χ4v) is 3.55.